The number of nitrogens with one attached hydrogen (secondary N) is 1. The standard InChI is InChI=1S/C16H23N5O2/c1-12(2)16(13-6-8-14(23-3)9-7-13)18-15(22)5-4-10-21-11-17-19-20-21/h6-9,11-12,16H,4-5,10H2,1-3H3,(H,18,22). The predicted molar refractivity (Wildman–Crippen MR) is 85.8 cm³/mol. The Morgan fingerprint density at radius 1 is 1.30 bits per heavy atom. The Labute approximate surface area is 136 Å². The van der Waals surface area contributed by atoms with Crippen LogP contribution in [-0.2, 0) is 11.3 Å². The van der Waals surface area contributed by atoms with E-state index in [9.17, 15) is 4.79 Å². The predicted octanol–water partition coefficient (Wildman–Crippen LogP) is 1.98. The maximum absolute atomic E-state index is 12.2. The van der Waals surface area contributed by atoms with E-state index in [0.717, 1.165) is 11.3 Å². The second kappa shape index (κ2) is 8.26. The fourth-order valence-electron chi connectivity index (χ4n) is 2.38. The monoisotopic (exact) mass is 317 g/mol. The molecule has 2 rings (SSSR count). The topological polar surface area (TPSA) is 81.9 Å². The fourth-order valence-corrected chi connectivity index (χ4v) is 2.38. The number of carbonyl (C=O) groups is 1. The van der Waals surface area contributed by atoms with E-state index in [2.05, 4.69) is 34.7 Å². The molecule has 1 unspecified atom stereocenters. The van der Waals surface area contributed by atoms with Gasteiger partial charge in [-0.15, -0.1) is 5.10 Å². The van der Waals surface area contributed by atoms with Gasteiger partial charge in [-0.1, -0.05) is 26.0 Å². The lowest BCUT2D eigenvalue weighted by molar-refractivity contribution is -0.122. The Morgan fingerprint density at radius 3 is 2.61 bits per heavy atom. The molecule has 7 heteroatoms. The lowest BCUT2D eigenvalue weighted by atomic mass is 9.95. The third-order valence-corrected chi connectivity index (χ3v) is 3.64. The molecule has 1 atom stereocenters. The van der Waals surface area contributed by atoms with Gasteiger partial charge in [0.05, 0.1) is 13.2 Å². The summed E-state index contributed by atoms with van der Waals surface area (Å²) in [6.45, 7) is 4.82. The first-order valence-electron chi connectivity index (χ1n) is 7.74. The minimum absolute atomic E-state index is 0.0126. The molecule has 0 spiro atoms. The minimum atomic E-state index is -0.0126. The number of nitrogens with zero attached hydrogens (tertiary/aromatic N) is 4. The van der Waals surface area contributed by atoms with Gasteiger partial charge in [0.1, 0.15) is 12.1 Å². The molecule has 0 aliphatic carbocycles. The normalized spacial score (nSPS) is 12.2. The second-order valence-electron chi connectivity index (χ2n) is 5.74. The molecule has 0 saturated heterocycles. The third kappa shape index (κ3) is 5.05. The van der Waals surface area contributed by atoms with Crippen molar-refractivity contribution in [2.45, 2.75) is 39.3 Å². The van der Waals surface area contributed by atoms with Crippen molar-refractivity contribution in [3.8, 4) is 5.75 Å². The first-order valence-corrected chi connectivity index (χ1v) is 7.74. The van der Waals surface area contributed by atoms with Crippen LogP contribution in [0.4, 0.5) is 0 Å². The smallest absolute Gasteiger partial charge is 0.220 e. The molecule has 0 bridgehead atoms. The summed E-state index contributed by atoms with van der Waals surface area (Å²) < 4.78 is 6.79. The Kier molecular flexibility index (Phi) is 6.08. The summed E-state index contributed by atoms with van der Waals surface area (Å²) in [4.78, 5) is 12.2. The van der Waals surface area contributed by atoms with Crippen LogP contribution in [0.1, 0.15) is 38.3 Å². The largest absolute Gasteiger partial charge is 0.497 e. The van der Waals surface area contributed by atoms with Gasteiger partial charge in [0.2, 0.25) is 5.91 Å². The zero-order valence-electron chi connectivity index (χ0n) is 13.8. The van der Waals surface area contributed by atoms with Gasteiger partial charge in [0.25, 0.3) is 0 Å². The highest BCUT2D eigenvalue weighted by atomic mass is 16.5. The van der Waals surface area contributed by atoms with Crippen molar-refractivity contribution in [3.05, 3.63) is 36.2 Å². The number of hydrogen-bond acceptors (Lipinski definition) is 5. The molecule has 124 valence electrons. The van der Waals surface area contributed by atoms with E-state index >= 15 is 0 Å². The van der Waals surface area contributed by atoms with E-state index in [4.69, 9.17) is 4.74 Å². The summed E-state index contributed by atoms with van der Waals surface area (Å²) in [5, 5.41) is 14.0. The molecular weight excluding hydrogens is 294 g/mol. The van der Waals surface area contributed by atoms with Crippen LogP contribution in [0, 0.1) is 5.92 Å². The molecule has 1 amide bonds. The number of aromatic nitrogens is 4. The van der Waals surface area contributed by atoms with E-state index in [1.165, 1.54) is 0 Å². The van der Waals surface area contributed by atoms with Crippen LogP contribution in [-0.4, -0.2) is 33.2 Å². The molecule has 1 aromatic carbocycles. The molecule has 0 aliphatic rings. The molecule has 2 aromatic rings. The molecule has 0 radical (unpaired) electrons. The van der Waals surface area contributed by atoms with Crippen LogP contribution in [0.25, 0.3) is 0 Å². The van der Waals surface area contributed by atoms with Crippen LogP contribution in [0.2, 0.25) is 0 Å². The lowest BCUT2D eigenvalue weighted by Crippen LogP contribution is -2.31. The van der Waals surface area contributed by atoms with E-state index in [-0.39, 0.29) is 11.9 Å². The van der Waals surface area contributed by atoms with Gasteiger partial charge in [0.15, 0.2) is 0 Å². The van der Waals surface area contributed by atoms with Crippen LogP contribution in [0.5, 0.6) is 5.75 Å². The number of hydrogen-bond donors (Lipinski definition) is 1. The highest BCUT2D eigenvalue weighted by Crippen LogP contribution is 2.24. The highest BCUT2D eigenvalue weighted by Gasteiger charge is 2.18. The number of amides is 1. The van der Waals surface area contributed by atoms with Gasteiger partial charge in [-0.2, -0.15) is 0 Å². The molecule has 23 heavy (non-hydrogen) atoms. The molecule has 1 N–H and O–H groups in total. The van der Waals surface area contributed by atoms with Gasteiger partial charge in [-0.3, -0.25) is 4.79 Å². The molecular formula is C16H23N5O2. The summed E-state index contributed by atoms with van der Waals surface area (Å²) >= 11 is 0. The van der Waals surface area contributed by atoms with Gasteiger partial charge in [0, 0.05) is 13.0 Å². The minimum Gasteiger partial charge on any atom is -0.497 e. The first-order chi connectivity index (χ1) is 11.1. The van der Waals surface area contributed by atoms with Gasteiger partial charge >= 0.3 is 0 Å². The average Bonchev–Trinajstić information content (AvgIpc) is 3.06. The van der Waals surface area contributed by atoms with Crippen LogP contribution >= 0.6 is 0 Å². The van der Waals surface area contributed by atoms with Crippen molar-refractivity contribution in [2.75, 3.05) is 7.11 Å². The Morgan fingerprint density at radius 2 is 2.04 bits per heavy atom. The van der Waals surface area contributed by atoms with Gasteiger partial charge < -0.3 is 10.1 Å². The number of methoxy groups -OCH3 is 1. The fraction of sp³-hybridized carbons (Fsp3) is 0.500. The SMILES string of the molecule is COc1ccc(C(NC(=O)CCCn2cnnn2)C(C)C)cc1. The highest BCUT2D eigenvalue weighted by molar-refractivity contribution is 5.76. The zero-order valence-corrected chi connectivity index (χ0v) is 13.8. The Bertz CT molecular complexity index is 595. The quantitative estimate of drug-likeness (QED) is 0.805. The van der Waals surface area contributed by atoms with Crippen molar-refractivity contribution < 1.29 is 9.53 Å². The average molecular weight is 317 g/mol. The number of ether oxygens (including phenoxy) is 1. The number of tetrazole rings is 1. The van der Waals surface area contributed by atoms with Crippen LogP contribution < -0.4 is 10.1 Å². The van der Waals surface area contributed by atoms with Crippen molar-refractivity contribution in [1.29, 1.82) is 0 Å². The number of aryl methyl sites for hydroxylation is 1. The van der Waals surface area contributed by atoms with Crippen molar-refractivity contribution in [1.82, 2.24) is 25.5 Å². The van der Waals surface area contributed by atoms with Crippen LogP contribution in [0.3, 0.4) is 0 Å². The van der Waals surface area contributed by atoms with E-state index in [0.29, 0.717) is 25.3 Å². The lowest BCUT2D eigenvalue weighted by Gasteiger charge is -2.23. The van der Waals surface area contributed by atoms with Gasteiger partial charge in [-0.05, 0) is 40.5 Å². The zero-order chi connectivity index (χ0) is 16.7. The molecule has 0 saturated carbocycles. The maximum atomic E-state index is 12.2. The van der Waals surface area contributed by atoms with E-state index in [1.54, 1.807) is 18.1 Å². The molecule has 0 fully saturated rings. The first kappa shape index (κ1) is 16.9. The van der Waals surface area contributed by atoms with Crippen molar-refractivity contribution in [2.24, 2.45) is 5.92 Å². The summed E-state index contributed by atoms with van der Waals surface area (Å²) in [6, 6.07) is 7.79. The second-order valence-corrected chi connectivity index (χ2v) is 5.74. The summed E-state index contributed by atoms with van der Waals surface area (Å²) in [7, 11) is 1.64. The molecule has 1 aromatic heterocycles. The molecule has 7 nitrogen and oxygen atoms in total. The van der Waals surface area contributed by atoms with E-state index < -0.39 is 0 Å². The molecule has 0 aliphatic heterocycles. The van der Waals surface area contributed by atoms with E-state index in [1.807, 2.05) is 24.3 Å². The third-order valence-electron chi connectivity index (χ3n) is 3.64. The summed E-state index contributed by atoms with van der Waals surface area (Å²) in [6.07, 6.45) is 2.69. The maximum Gasteiger partial charge on any atom is 0.220 e. The van der Waals surface area contributed by atoms with Crippen molar-refractivity contribution in [3.63, 3.8) is 0 Å². The Hall–Kier alpha value is -2.44. The summed E-state index contributed by atoms with van der Waals surface area (Å²) in [5.74, 6) is 1.14. The molecule has 1 heterocycles. The number of rotatable bonds is 8. The van der Waals surface area contributed by atoms with Crippen molar-refractivity contribution >= 4 is 5.91 Å². The number of carbonyl (C=O) groups excluding carboxylic acids is 1. The van der Waals surface area contributed by atoms with Crippen LogP contribution in [0.15, 0.2) is 30.6 Å². The van der Waals surface area contributed by atoms with Gasteiger partial charge in [-0.25, -0.2) is 4.68 Å². The number of benzene rings is 1. The summed E-state index contributed by atoms with van der Waals surface area (Å²) in [5.41, 5.74) is 1.08. The Balaban J connectivity index is 1.88.